The van der Waals surface area contributed by atoms with Gasteiger partial charge in [0.05, 0.1) is 22.1 Å². The smallest absolute Gasteiger partial charge is 0.252 e. The van der Waals surface area contributed by atoms with E-state index in [0.29, 0.717) is 0 Å². The number of rotatable bonds is 9. The van der Waals surface area contributed by atoms with Gasteiger partial charge in [-0.05, 0) is 158 Å². The van der Waals surface area contributed by atoms with Gasteiger partial charge in [-0.25, -0.2) is 0 Å². The standard InChI is InChI=1S/C93H83BN2/c1-87(2,3)62-45-56(46-63(47-62)88(4,5)6)69-55-77-86-81-85(69)95-80-44-43-61(89(7,8)57-31-19-15-20-32-57)48-70(80)71-50-65(91(11,12)59-35-23-17-24-36-59)53-78(83(71)95)94(81)79-54-66(92(13,14)60-37-25-18-26-38-60)51-73-72-49-64(90(9,10)58-33-21-16-22-34-58)52-76(82(72)96(86)84(73)79)93(77)74-41-29-27-39-67(74)68-40-28-30-42-75(68)93/h15-55H,1-14H3. The van der Waals surface area contributed by atoms with Gasteiger partial charge in [0.15, 0.2) is 0 Å². The van der Waals surface area contributed by atoms with Gasteiger partial charge >= 0.3 is 0 Å². The minimum atomic E-state index is -0.746. The summed E-state index contributed by atoms with van der Waals surface area (Å²) in [5, 5.41) is 5.21. The number of aromatic nitrogens is 2. The first-order chi connectivity index (χ1) is 45.9. The van der Waals surface area contributed by atoms with Crippen molar-refractivity contribution >= 4 is 66.7 Å². The Kier molecular flexibility index (Phi) is 12.1. The van der Waals surface area contributed by atoms with E-state index in [1.54, 1.807) is 0 Å². The lowest BCUT2D eigenvalue weighted by Crippen LogP contribution is -2.61. The van der Waals surface area contributed by atoms with E-state index < -0.39 is 5.41 Å². The molecule has 14 aromatic rings. The lowest BCUT2D eigenvalue weighted by molar-refractivity contribution is 0.569. The van der Waals surface area contributed by atoms with Crippen LogP contribution in [-0.2, 0) is 37.9 Å². The molecule has 0 atom stereocenters. The highest BCUT2D eigenvalue weighted by Crippen LogP contribution is 2.63. The van der Waals surface area contributed by atoms with E-state index in [-0.39, 0.29) is 39.2 Å². The second-order valence-electron chi connectivity index (χ2n) is 32.9. The molecule has 96 heavy (non-hydrogen) atoms. The van der Waals surface area contributed by atoms with Crippen LogP contribution in [-0.4, -0.2) is 15.8 Å². The molecule has 0 amide bonds. The molecule has 3 heteroatoms. The summed E-state index contributed by atoms with van der Waals surface area (Å²) in [7, 11) is 0. The van der Waals surface area contributed by atoms with E-state index in [2.05, 4.69) is 355 Å². The molecule has 0 bridgehead atoms. The molecule has 18 rings (SSSR count). The summed E-state index contributed by atoms with van der Waals surface area (Å²) < 4.78 is 5.64. The first-order valence-corrected chi connectivity index (χ1v) is 35.0. The van der Waals surface area contributed by atoms with Gasteiger partial charge in [0.25, 0.3) is 6.71 Å². The molecule has 12 aromatic carbocycles. The van der Waals surface area contributed by atoms with E-state index in [4.69, 9.17) is 0 Å². The van der Waals surface area contributed by atoms with Crippen LogP contribution in [0.1, 0.15) is 175 Å². The minimum absolute atomic E-state index is 0.142. The average Bonchev–Trinajstić information content (AvgIpc) is 1.41. The van der Waals surface area contributed by atoms with Crippen molar-refractivity contribution in [1.82, 2.24) is 9.13 Å². The maximum absolute atomic E-state index is 2.84. The molecular formula is C93H83BN2. The van der Waals surface area contributed by atoms with Gasteiger partial charge in [0.1, 0.15) is 0 Å². The number of hydrogen-bond acceptors (Lipinski definition) is 0. The monoisotopic (exact) mass is 1240 g/mol. The van der Waals surface area contributed by atoms with Crippen LogP contribution in [0.5, 0.6) is 0 Å². The molecule has 0 fully saturated rings. The summed E-state index contributed by atoms with van der Waals surface area (Å²) in [5.41, 5.74) is 33.2. The van der Waals surface area contributed by atoms with Crippen LogP contribution in [0.25, 0.3) is 77.2 Å². The molecule has 4 aliphatic rings. The summed E-state index contributed by atoms with van der Waals surface area (Å²) in [6.07, 6.45) is 0. The normalized spacial score (nSPS) is 14.4. The van der Waals surface area contributed by atoms with Crippen molar-refractivity contribution in [1.29, 1.82) is 0 Å². The Bertz CT molecular complexity index is 5560. The number of fused-ring (bicyclic) bond motifs is 14. The molecule has 0 saturated carbocycles. The third-order valence-electron chi connectivity index (χ3n) is 24.1. The highest BCUT2D eigenvalue weighted by Gasteiger charge is 2.56. The molecule has 5 heterocycles. The van der Waals surface area contributed by atoms with E-state index in [9.17, 15) is 0 Å². The van der Waals surface area contributed by atoms with Crippen LogP contribution in [0.3, 0.4) is 0 Å². The Labute approximate surface area is 567 Å². The van der Waals surface area contributed by atoms with Crippen LogP contribution >= 0.6 is 0 Å². The zero-order valence-corrected chi connectivity index (χ0v) is 58.1. The fraction of sp³-hybridized carbons (Fsp3) is 0.226. The maximum atomic E-state index is 2.84. The molecule has 0 N–H and O–H groups in total. The summed E-state index contributed by atoms with van der Waals surface area (Å²) in [6.45, 7) is 33.8. The predicted molar refractivity (Wildman–Crippen MR) is 408 cm³/mol. The third kappa shape index (κ3) is 7.83. The highest BCUT2D eigenvalue weighted by atomic mass is 15.1. The molecule has 1 aliphatic carbocycles. The minimum Gasteiger partial charge on any atom is -0.310 e. The van der Waals surface area contributed by atoms with Gasteiger partial charge in [-0.1, -0.05) is 309 Å². The number of hydrogen-bond donors (Lipinski definition) is 0. The fourth-order valence-electron chi connectivity index (χ4n) is 18.3. The molecule has 1 spiro atoms. The van der Waals surface area contributed by atoms with E-state index in [0.717, 1.165) is 0 Å². The van der Waals surface area contributed by atoms with Crippen molar-refractivity contribution in [3.8, 4) is 33.6 Å². The van der Waals surface area contributed by atoms with Gasteiger partial charge in [-0.15, -0.1) is 0 Å². The lowest BCUT2D eigenvalue weighted by atomic mass is 9.33. The Morgan fingerprint density at radius 1 is 0.271 bits per heavy atom. The second kappa shape index (κ2) is 19.7. The summed E-state index contributed by atoms with van der Waals surface area (Å²) in [6, 6.07) is 98.0. The zero-order chi connectivity index (χ0) is 66.1. The average molecular weight is 1240 g/mol. The summed E-state index contributed by atoms with van der Waals surface area (Å²) >= 11 is 0. The van der Waals surface area contributed by atoms with Crippen molar-refractivity contribution in [3.05, 3.63) is 327 Å². The van der Waals surface area contributed by atoms with Crippen LogP contribution in [0, 0.1) is 0 Å². The molecule has 3 aliphatic heterocycles. The van der Waals surface area contributed by atoms with Crippen LogP contribution in [0.15, 0.2) is 249 Å². The van der Waals surface area contributed by atoms with Gasteiger partial charge in [0, 0.05) is 65.5 Å². The maximum Gasteiger partial charge on any atom is 0.252 e. The molecule has 468 valence electrons. The highest BCUT2D eigenvalue weighted by molar-refractivity contribution is 7.00. The molecule has 0 saturated heterocycles. The Balaban J connectivity index is 1.11. The molecule has 0 unspecified atom stereocenters. The van der Waals surface area contributed by atoms with Crippen molar-refractivity contribution in [2.75, 3.05) is 0 Å². The third-order valence-corrected chi connectivity index (χ3v) is 24.1. The van der Waals surface area contributed by atoms with Crippen molar-refractivity contribution in [2.24, 2.45) is 0 Å². The molecule has 2 aromatic heterocycles. The molecular weight excluding hydrogens is 1160 g/mol. The lowest BCUT2D eigenvalue weighted by Gasteiger charge is -2.45. The van der Waals surface area contributed by atoms with Crippen molar-refractivity contribution < 1.29 is 0 Å². The number of nitrogens with zero attached hydrogens (tertiary/aromatic N) is 2. The van der Waals surface area contributed by atoms with E-state index in [1.807, 2.05) is 0 Å². The van der Waals surface area contributed by atoms with Crippen LogP contribution in [0.4, 0.5) is 0 Å². The summed E-state index contributed by atoms with van der Waals surface area (Å²) in [4.78, 5) is 0. The zero-order valence-electron chi connectivity index (χ0n) is 58.1. The van der Waals surface area contributed by atoms with E-state index in [1.165, 1.54) is 172 Å². The molecule has 0 radical (unpaired) electrons. The Hall–Kier alpha value is -9.70. The quantitative estimate of drug-likeness (QED) is 0.128. The molecule has 2 nitrogen and oxygen atoms in total. The van der Waals surface area contributed by atoms with Gasteiger partial charge in [0.2, 0.25) is 0 Å². The van der Waals surface area contributed by atoms with Gasteiger partial charge < -0.3 is 9.13 Å². The predicted octanol–water partition coefficient (Wildman–Crippen LogP) is 21.3. The first kappa shape index (κ1) is 58.8. The van der Waals surface area contributed by atoms with Gasteiger partial charge in [-0.3, -0.25) is 0 Å². The largest absolute Gasteiger partial charge is 0.310 e. The Morgan fingerprint density at radius 3 is 1.14 bits per heavy atom. The van der Waals surface area contributed by atoms with Crippen LogP contribution < -0.4 is 16.4 Å². The fourth-order valence-corrected chi connectivity index (χ4v) is 18.3. The SMILES string of the molecule is CC(C)(C)c1cc(-c2cc3c4c5c2-n2c6ccc(C(C)(C)c7ccccc7)cc6c6cc(C(C)(C)c7ccccc7)cc(c62)B5c2cc(C(C)(C)c5ccccc5)cc5c6cc(C(C)(C)c7ccccc7)cc(c6n-4c25)C32c3ccccc3-c3ccccc32)cc(C(C)(C)C)c1. The topological polar surface area (TPSA) is 9.86 Å². The second-order valence-corrected chi connectivity index (χ2v) is 32.9. The Morgan fingerprint density at radius 2 is 0.667 bits per heavy atom. The van der Waals surface area contributed by atoms with Crippen molar-refractivity contribution in [2.45, 2.75) is 135 Å². The number of benzene rings is 12. The van der Waals surface area contributed by atoms with E-state index >= 15 is 0 Å². The van der Waals surface area contributed by atoms with Crippen molar-refractivity contribution in [3.63, 3.8) is 0 Å². The van der Waals surface area contributed by atoms with Crippen LogP contribution in [0.2, 0.25) is 0 Å². The van der Waals surface area contributed by atoms with Gasteiger partial charge in [-0.2, -0.15) is 0 Å². The summed E-state index contributed by atoms with van der Waals surface area (Å²) in [5.74, 6) is 0. The first-order valence-electron chi connectivity index (χ1n) is 35.0.